The van der Waals surface area contributed by atoms with E-state index in [2.05, 4.69) is 31.6 Å². The van der Waals surface area contributed by atoms with Gasteiger partial charge in [-0.05, 0) is 49.2 Å². The number of aromatic nitrogens is 4. The van der Waals surface area contributed by atoms with Gasteiger partial charge >= 0.3 is 0 Å². The maximum absolute atomic E-state index is 9.42. The Labute approximate surface area is 148 Å². The van der Waals surface area contributed by atoms with Crippen LogP contribution in [0.1, 0.15) is 18.4 Å². The van der Waals surface area contributed by atoms with Crippen molar-refractivity contribution >= 4 is 16.7 Å². The van der Waals surface area contributed by atoms with Crippen molar-refractivity contribution in [2.45, 2.75) is 18.9 Å². The lowest BCUT2D eigenvalue weighted by Crippen LogP contribution is -2.02. The normalized spacial score (nSPS) is 13.7. The molecule has 2 heterocycles. The van der Waals surface area contributed by atoms with Crippen molar-refractivity contribution in [2.75, 3.05) is 5.32 Å². The Morgan fingerprint density at radius 3 is 2.62 bits per heavy atom. The Kier molecular flexibility index (Phi) is 3.22. The molecule has 26 heavy (non-hydrogen) atoms. The van der Waals surface area contributed by atoms with Gasteiger partial charge in [0.05, 0.1) is 28.6 Å². The quantitative estimate of drug-likeness (QED) is 0.586. The minimum Gasteiger partial charge on any atom is -0.416 e. The number of rotatable bonds is 4. The SMILES string of the molecule is N#Cc1cc(-c2nnc(-c3ccc4[nH]cnc4c3)o2)ccc1NC1CC1. The second kappa shape index (κ2) is 5.70. The molecule has 0 atom stereocenters. The van der Waals surface area contributed by atoms with E-state index in [1.807, 2.05) is 30.3 Å². The number of nitrogens with one attached hydrogen (secondary N) is 2. The Morgan fingerprint density at radius 2 is 1.85 bits per heavy atom. The van der Waals surface area contributed by atoms with Gasteiger partial charge in [-0.25, -0.2) is 4.98 Å². The molecule has 0 saturated heterocycles. The summed E-state index contributed by atoms with van der Waals surface area (Å²) in [5.74, 6) is 0.806. The third kappa shape index (κ3) is 2.58. The molecule has 7 nitrogen and oxygen atoms in total. The first kappa shape index (κ1) is 14.7. The summed E-state index contributed by atoms with van der Waals surface area (Å²) in [5, 5.41) is 21.1. The van der Waals surface area contributed by atoms with Crippen molar-refractivity contribution in [3.63, 3.8) is 0 Å². The van der Waals surface area contributed by atoms with Crippen LogP contribution in [0, 0.1) is 11.3 Å². The lowest BCUT2D eigenvalue weighted by molar-refractivity contribution is 0.584. The molecular weight excluding hydrogens is 328 g/mol. The molecule has 126 valence electrons. The number of hydrogen-bond donors (Lipinski definition) is 2. The minimum absolute atomic E-state index is 0.386. The van der Waals surface area contributed by atoms with E-state index in [0.29, 0.717) is 23.4 Å². The van der Waals surface area contributed by atoms with Crippen LogP contribution in [0.4, 0.5) is 5.69 Å². The maximum Gasteiger partial charge on any atom is 0.248 e. The number of nitrogens with zero attached hydrogens (tertiary/aromatic N) is 4. The highest BCUT2D eigenvalue weighted by molar-refractivity contribution is 5.79. The molecule has 4 aromatic rings. The number of aromatic amines is 1. The van der Waals surface area contributed by atoms with E-state index in [1.54, 1.807) is 12.4 Å². The van der Waals surface area contributed by atoms with Gasteiger partial charge in [-0.15, -0.1) is 10.2 Å². The third-order valence-corrected chi connectivity index (χ3v) is 4.42. The minimum atomic E-state index is 0.386. The van der Waals surface area contributed by atoms with Crippen molar-refractivity contribution in [1.29, 1.82) is 5.26 Å². The zero-order valence-corrected chi connectivity index (χ0v) is 13.7. The van der Waals surface area contributed by atoms with E-state index in [1.165, 1.54) is 0 Å². The highest BCUT2D eigenvalue weighted by Crippen LogP contribution is 2.30. The fourth-order valence-electron chi connectivity index (χ4n) is 2.86. The topological polar surface area (TPSA) is 103 Å². The van der Waals surface area contributed by atoms with Crippen molar-refractivity contribution in [2.24, 2.45) is 0 Å². The molecule has 0 bridgehead atoms. The zero-order valence-electron chi connectivity index (χ0n) is 13.7. The fraction of sp³-hybridized carbons (Fsp3) is 0.158. The number of anilines is 1. The molecular formula is C19H14N6O. The Hall–Kier alpha value is -3.66. The average Bonchev–Trinajstić information content (AvgIpc) is 3.17. The molecule has 0 radical (unpaired) electrons. The first-order valence-corrected chi connectivity index (χ1v) is 8.38. The van der Waals surface area contributed by atoms with Gasteiger partial charge in [0.25, 0.3) is 0 Å². The summed E-state index contributed by atoms with van der Waals surface area (Å²) in [6.45, 7) is 0. The van der Waals surface area contributed by atoms with Gasteiger partial charge in [-0.3, -0.25) is 0 Å². The number of fused-ring (bicyclic) bond motifs is 1. The molecule has 1 fully saturated rings. The summed E-state index contributed by atoms with van der Waals surface area (Å²) >= 11 is 0. The Balaban J connectivity index is 1.48. The van der Waals surface area contributed by atoms with Gasteiger partial charge in [0.2, 0.25) is 11.8 Å². The van der Waals surface area contributed by atoms with Crippen LogP contribution in [-0.4, -0.2) is 26.2 Å². The van der Waals surface area contributed by atoms with Gasteiger partial charge < -0.3 is 14.7 Å². The Bertz CT molecular complexity index is 1150. The predicted octanol–water partition coefficient (Wildman–Crippen LogP) is 3.73. The summed E-state index contributed by atoms with van der Waals surface area (Å²) in [4.78, 5) is 7.29. The zero-order chi connectivity index (χ0) is 17.5. The molecule has 5 rings (SSSR count). The maximum atomic E-state index is 9.42. The third-order valence-electron chi connectivity index (χ3n) is 4.42. The molecule has 2 N–H and O–H groups in total. The second-order valence-electron chi connectivity index (χ2n) is 6.34. The van der Waals surface area contributed by atoms with Crippen molar-refractivity contribution < 1.29 is 4.42 Å². The number of hydrogen-bond acceptors (Lipinski definition) is 6. The molecule has 0 spiro atoms. The highest BCUT2D eigenvalue weighted by atomic mass is 16.4. The van der Waals surface area contributed by atoms with E-state index in [4.69, 9.17) is 4.42 Å². The van der Waals surface area contributed by atoms with Crippen LogP contribution < -0.4 is 5.32 Å². The summed E-state index contributed by atoms with van der Waals surface area (Å²) in [5.41, 5.74) is 4.74. The molecule has 1 aliphatic carbocycles. The first-order valence-electron chi connectivity index (χ1n) is 8.38. The van der Waals surface area contributed by atoms with Gasteiger partial charge in [-0.1, -0.05) is 0 Å². The molecule has 0 amide bonds. The van der Waals surface area contributed by atoms with Gasteiger partial charge in [0.15, 0.2) is 0 Å². The molecule has 2 aromatic heterocycles. The van der Waals surface area contributed by atoms with Crippen LogP contribution in [0.15, 0.2) is 47.1 Å². The van der Waals surface area contributed by atoms with E-state index in [-0.39, 0.29) is 0 Å². The van der Waals surface area contributed by atoms with E-state index >= 15 is 0 Å². The van der Waals surface area contributed by atoms with Crippen LogP contribution >= 0.6 is 0 Å². The average molecular weight is 342 g/mol. The monoisotopic (exact) mass is 342 g/mol. The van der Waals surface area contributed by atoms with Crippen molar-refractivity contribution in [3.8, 4) is 29.0 Å². The van der Waals surface area contributed by atoms with Crippen LogP contribution in [0.3, 0.4) is 0 Å². The largest absolute Gasteiger partial charge is 0.416 e. The smallest absolute Gasteiger partial charge is 0.248 e. The number of H-pyrrole nitrogens is 1. The van der Waals surface area contributed by atoms with Crippen molar-refractivity contribution in [1.82, 2.24) is 20.2 Å². The predicted molar refractivity (Wildman–Crippen MR) is 96.2 cm³/mol. The molecule has 7 heteroatoms. The van der Waals surface area contributed by atoms with E-state index in [9.17, 15) is 5.26 Å². The fourth-order valence-corrected chi connectivity index (χ4v) is 2.86. The number of nitriles is 1. The molecule has 1 saturated carbocycles. The molecule has 2 aromatic carbocycles. The standard InChI is InChI=1S/C19H14N6O/c20-9-13-7-11(1-5-15(13)23-14-3-4-14)18-24-25-19(26-18)12-2-6-16-17(8-12)22-10-21-16/h1-2,5-8,10,14,23H,3-4H2,(H,21,22). The number of benzene rings is 2. The number of imidazole rings is 1. The molecule has 1 aliphatic rings. The van der Waals surface area contributed by atoms with Crippen molar-refractivity contribution in [3.05, 3.63) is 48.3 Å². The van der Waals surface area contributed by atoms with Crippen LogP contribution in [0.5, 0.6) is 0 Å². The van der Waals surface area contributed by atoms with E-state index in [0.717, 1.165) is 40.7 Å². The summed E-state index contributed by atoms with van der Waals surface area (Å²) in [6, 6.07) is 14.0. The lowest BCUT2D eigenvalue weighted by Gasteiger charge is -2.07. The van der Waals surface area contributed by atoms with Crippen LogP contribution in [0.2, 0.25) is 0 Å². The summed E-state index contributed by atoms with van der Waals surface area (Å²) in [6.07, 6.45) is 3.95. The van der Waals surface area contributed by atoms with Crippen LogP contribution in [-0.2, 0) is 0 Å². The van der Waals surface area contributed by atoms with Crippen LogP contribution in [0.25, 0.3) is 33.9 Å². The van der Waals surface area contributed by atoms with Gasteiger partial charge in [-0.2, -0.15) is 5.26 Å². The summed E-state index contributed by atoms with van der Waals surface area (Å²) < 4.78 is 5.82. The highest BCUT2D eigenvalue weighted by Gasteiger charge is 2.22. The van der Waals surface area contributed by atoms with Gasteiger partial charge in [0, 0.05) is 17.2 Å². The van der Waals surface area contributed by atoms with E-state index < -0.39 is 0 Å². The Morgan fingerprint density at radius 1 is 1.08 bits per heavy atom. The summed E-state index contributed by atoms with van der Waals surface area (Å²) in [7, 11) is 0. The molecule has 0 aliphatic heterocycles. The second-order valence-corrected chi connectivity index (χ2v) is 6.34. The molecule has 0 unspecified atom stereocenters. The lowest BCUT2D eigenvalue weighted by atomic mass is 10.1. The first-order chi connectivity index (χ1) is 12.8. The van der Waals surface area contributed by atoms with Gasteiger partial charge in [0.1, 0.15) is 6.07 Å².